The van der Waals surface area contributed by atoms with Crippen LogP contribution in [-0.2, 0) is 23.1 Å². The van der Waals surface area contributed by atoms with E-state index in [1.54, 1.807) is 6.20 Å². The molecule has 0 unspecified atom stereocenters. The van der Waals surface area contributed by atoms with Crippen LogP contribution in [0.2, 0.25) is 0 Å². The monoisotopic (exact) mass is 225 g/mol. The highest BCUT2D eigenvalue weighted by Crippen LogP contribution is 2.16. The molecule has 0 radical (unpaired) electrons. The molecule has 16 heavy (non-hydrogen) atoms. The van der Waals surface area contributed by atoms with Crippen LogP contribution in [0, 0.1) is 0 Å². The Morgan fingerprint density at radius 1 is 1.50 bits per heavy atom. The number of ether oxygens (including phenoxy) is 2. The van der Waals surface area contributed by atoms with E-state index in [-0.39, 0.29) is 6.04 Å². The summed E-state index contributed by atoms with van der Waals surface area (Å²) in [7, 11) is 1.94. The molecular weight excluding hydrogens is 206 g/mol. The molecule has 5 heteroatoms. The van der Waals surface area contributed by atoms with E-state index in [4.69, 9.17) is 9.47 Å². The van der Waals surface area contributed by atoms with Crippen LogP contribution in [0.1, 0.15) is 19.5 Å². The standard InChI is InChI=1S/C11H19N3O2/c1-11(2)15-7-9(8-16-11)12-6-10-4-5-13-14(10)3/h4-5,9,12H,6-8H2,1-3H3. The van der Waals surface area contributed by atoms with Gasteiger partial charge in [0, 0.05) is 19.8 Å². The molecule has 1 N–H and O–H groups in total. The lowest BCUT2D eigenvalue weighted by Crippen LogP contribution is -2.48. The Hall–Kier alpha value is -0.910. The Morgan fingerprint density at radius 2 is 2.19 bits per heavy atom. The van der Waals surface area contributed by atoms with E-state index >= 15 is 0 Å². The lowest BCUT2D eigenvalue weighted by Gasteiger charge is -2.35. The lowest BCUT2D eigenvalue weighted by atomic mass is 10.2. The zero-order chi connectivity index (χ0) is 11.6. The van der Waals surface area contributed by atoms with Crippen LogP contribution in [0.3, 0.4) is 0 Å². The zero-order valence-electron chi connectivity index (χ0n) is 10.1. The van der Waals surface area contributed by atoms with E-state index < -0.39 is 5.79 Å². The highest BCUT2D eigenvalue weighted by molar-refractivity contribution is 4.99. The first-order valence-electron chi connectivity index (χ1n) is 5.55. The smallest absolute Gasteiger partial charge is 0.162 e. The largest absolute Gasteiger partial charge is 0.349 e. The van der Waals surface area contributed by atoms with Gasteiger partial charge >= 0.3 is 0 Å². The maximum atomic E-state index is 5.57. The molecule has 1 aliphatic heterocycles. The Labute approximate surface area is 95.7 Å². The molecule has 1 fully saturated rings. The normalized spacial score (nSPS) is 21.2. The third-order valence-electron chi connectivity index (χ3n) is 2.76. The number of rotatable bonds is 3. The van der Waals surface area contributed by atoms with Gasteiger partial charge in [0.25, 0.3) is 0 Å². The molecule has 0 aromatic carbocycles. The number of hydrogen-bond acceptors (Lipinski definition) is 4. The van der Waals surface area contributed by atoms with Crippen molar-refractivity contribution in [3.63, 3.8) is 0 Å². The minimum atomic E-state index is -0.440. The van der Waals surface area contributed by atoms with Crippen molar-refractivity contribution in [3.8, 4) is 0 Å². The van der Waals surface area contributed by atoms with Crippen LogP contribution in [0.25, 0.3) is 0 Å². The summed E-state index contributed by atoms with van der Waals surface area (Å²) in [5.74, 6) is -0.440. The number of nitrogens with one attached hydrogen (secondary N) is 1. The fourth-order valence-corrected chi connectivity index (χ4v) is 1.63. The zero-order valence-corrected chi connectivity index (χ0v) is 10.1. The fraction of sp³-hybridized carbons (Fsp3) is 0.727. The van der Waals surface area contributed by atoms with Crippen molar-refractivity contribution < 1.29 is 9.47 Å². The Balaban J connectivity index is 1.78. The van der Waals surface area contributed by atoms with Crippen molar-refractivity contribution in [2.75, 3.05) is 13.2 Å². The average Bonchev–Trinajstić information content (AvgIpc) is 2.63. The topological polar surface area (TPSA) is 48.3 Å². The van der Waals surface area contributed by atoms with Crippen LogP contribution in [-0.4, -0.2) is 34.8 Å². The van der Waals surface area contributed by atoms with Gasteiger partial charge < -0.3 is 14.8 Å². The molecule has 0 saturated carbocycles. The molecular formula is C11H19N3O2. The van der Waals surface area contributed by atoms with Crippen molar-refractivity contribution in [2.24, 2.45) is 7.05 Å². The molecule has 5 nitrogen and oxygen atoms in total. The van der Waals surface area contributed by atoms with Gasteiger partial charge in [-0.25, -0.2) is 0 Å². The van der Waals surface area contributed by atoms with E-state index in [1.165, 1.54) is 0 Å². The predicted octanol–water partition coefficient (Wildman–Crippen LogP) is 0.661. The van der Waals surface area contributed by atoms with Gasteiger partial charge in [0.15, 0.2) is 5.79 Å². The van der Waals surface area contributed by atoms with Gasteiger partial charge in [-0.05, 0) is 19.9 Å². The second kappa shape index (κ2) is 4.53. The molecule has 1 aromatic rings. The molecule has 90 valence electrons. The van der Waals surface area contributed by atoms with E-state index in [0.717, 1.165) is 12.2 Å². The van der Waals surface area contributed by atoms with Crippen LogP contribution in [0.15, 0.2) is 12.3 Å². The molecule has 1 saturated heterocycles. The van der Waals surface area contributed by atoms with Gasteiger partial charge in [0.05, 0.1) is 24.9 Å². The van der Waals surface area contributed by atoms with Crippen molar-refractivity contribution in [2.45, 2.75) is 32.2 Å². The van der Waals surface area contributed by atoms with Gasteiger partial charge in [-0.2, -0.15) is 5.10 Å². The van der Waals surface area contributed by atoms with E-state index in [2.05, 4.69) is 10.4 Å². The SMILES string of the molecule is Cn1nccc1CNC1COC(C)(C)OC1. The number of aromatic nitrogens is 2. The summed E-state index contributed by atoms with van der Waals surface area (Å²) < 4.78 is 13.0. The van der Waals surface area contributed by atoms with Gasteiger partial charge in [0.2, 0.25) is 0 Å². The molecule has 2 heterocycles. The van der Waals surface area contributed by atoms with E-state index in [9.17, 15) is 0 Å². The first kappa shape index (κ1) is 11.6. The summed E-state index contributed by atoms with van der Waals surface area (Å²) in [5.41, 5.74) is 1.16. The van der Waals surface area contributed by atoms with Crippen molar-refractivity contribution in [1.82, 2.24) is 15.1 Å². The second-order valence-corrected chi connectivity index (χ2v) is 4.55. The Kier molecular flexibility index (Phi) is 3.28. The first-order chi connectivity index (χ1) is 7.57. The third kappa shape index (κ3) is 2.81. The predicted molar refractivity (Wildman–Crippen MR) is 59.8 cm³/mol. The summed E-state index contributed by atoms with van der Waals surface area (Å²) in [6.45, 7) is 6.03. The maximum absolute atomic E-state index is 5.57. The van der Waals surface area contributed by atoms with Crippen LogP contribution >= 0.6 is 0 Å². The van der Waals surface area contributed by atoms with Gasteiger partial charge in [-0.15, -0.1) is 0 Å². The van der Waals surface area contributed by atoms with Gasteiger partial charge in [-0.3, -0.25) is 4.68 Å². The van der Waals surface area contributed by atoms with Crippen LogP contribution in [0.5, 0.6) is 0 Å². The molecule has 0 atom stereocenters. The highest BCUT2D eigenvalue weighted by atomic mass is 16.7. The summed E-state index contributed by atoms with van der Waals surface area (Å²) in [6.07, 6.45) is 1.80. The van der Waals surface area contributed by atoms with E-state index in [1.807, 2.05) is 31.6 Å². The van der Waals surface area contributed by atoms with Gasteiger partial charge in [0.1, 0.15) is 0 Å². The molecule has 0 bridgehead atoms. The second-order valence-electron chi connectivity index (χ2n) is 4.55. The summed E-state index contributed by atoms with van der Waals surface area (Å²) in [6, 6.07) is 2.25. The molecule has 0 aliphatic carbocycles. The maximum Gasteiger partial charge on any atom is 0.162 e. The molecule has 1 aliphatic rings. The molecule has 2 rings (SSSR count). The Morgan fingerprint density at radius 3 is 2.75 bits per heavy atom. The summed E-state index contributed by atoms with van der Waals surface area (Å²) in [5, 5.41) is 7.51. The third-order valence-corrected chi connectivity index (χ3v) is 2.76. The van der Waals surface area contributed by atoms with Crippen molar-refractivity contribution >= 4 is 0 Å². The number of aryl methyl sites for hydroxylation is 1. The number of hydrogen-bond donors (Lipinski definition) is 1. The highest BCUT2D eigenvalue weighted by Gasteiger charge is 2.27. The van der Waals surface area contributed by atoms with Crippen LogP contribution < -0.4 is 5.32 Å². The number of nitrogens with zero attached hydrogens (tertiary/aromatic N) is 2. The van der Waals surface area contributed by atoms with Gasteiger partial charge in [-0.1, -0.05) is 0 Å². The van der Waals surface area contributed by atoms with Crippen LogP contribution in [0.4, 0.5) is 0 Å². The lowest BCUT2D eigenvalue weighted by molar-refractivity contribution is -0.253. The minimum Gasteiger partial charge on any atom is -0.349 e. The summed E-state index contributed by atoms with van der Waals surface area (Å²) in [4.78, 5) is 0. The van der Waals surface area contributed by atoms with Crippen molar-refractivity contribution in [3.05, 3.63) is 18.0 Å². The summed E-state index contributed by atoms with van der Waals surface area (Å²) >= 11 is 0. The minimum absolute atomic E-state index is 0.253. The van der Waals surface area contributed by atoms with Crippen molar-refractivity contribution in [1.29, 1.82) is 0 Å². The molecule has 0 spiro atoms. The fourth-order valence-electron chi connectivity index (χ4n) is 1.63. The quantitative estimate of drug-likeness (QED) is 0.821. The Bertz CT molecular complexity index is 339. The first-order valence-corrected chi connectivity index (χ1v) is 5.55. The average molecular weight is 225 g/mol. The molecule has 0 amide bonds. The van der Waals surface area contributed by atoms with E-state index in [0.29, 0.717) is 13.2 Å². The molecule has 1 aromatic heterocycles.